The van der Waals surface area contributed by atoms with Crippen molar-refractivity contribution in [2.45, 2.75) is 32.2 Å². The number of rotatable bonds is 4. The van der Waals surface area contributed by atoms with Crippen LogP contribution >= 0.6 is 15.9 Å². The van der Waals surface area contributed by atoms with E-state index >= 15 is 0 Å². The van der Waals surface area contributed by atoms with Gasteiger partial charge in [-0.2, -0.15) is 0 Å². The zero-order valence-corrected chi connectivity index (χ0v) is 11.7. The molecule has 0 heterocycles. The SMILES string of the molecule is Brc1cccc(CNCC2CC3CCC2C3)c1. The van der Waals surface area contributed by atoms with Crippen LogP contribution in [0.5, 0.6) is 0 Å². The van der Waals surface area contributed by atoms with Gasteiger partial charge in [0.15, 0.2) is 0 Å². The van der Waals surface area contributed by atoms with Crippen LogP contribution in [0.2, 0.25) is 0 Å². The summed E-state index contributed by atoms with van der Waals surface area (Å²) >= 11 is 3.52. The molecule has 17 heavy (non-hydrogen) atoms. The number of hydrogen-bond acceptors (Lipinski definition) is 1. The maximum atomic E-state index is 3.63. The van der Waals surface area contributed by atoms with E-state index in [1.165, 1.54) is 42.3 Å². The third-order valence-electron chi connectivity index (χ3n) is 4.51. The fourth-order valence-corrected chi connectivity index (χ4v) is 4.12. The fourth-order valence-electron chi connectivity index (χ4n) is 3.68. The molecule has 2 aliphatic rings. The average Bonchev–Trinajstić information content (AvgIpc) is 2.91. The first-order valence-corrected chi connectivity index (χ1v) is 7.56. The second kappa shape index (κ2) is 5.11. The molecule has 1 nitrogen and oxygen atoms in total. The molecular formula is C15H20BrN. The summed E-state index contributed by atoms with van der Waals surface area (Å²) in [5, 5.41) is 3.63. The predicted octanol–water partition coefficient (Wildman–Crippen LogP) is 3.97. The topological polar surface area (TPSA) is 12.0 Å². The van der Waals surface area contributed by atoms with Crippen LogP contribution in [0.25, 0.3) is 0 Å². The molecule has 0 aromatic heterocycles. The number of hydrogen-bond donors (Lipinski definition) is 1. The van der Waals surface area contributed by atoms with Gasteiger partial charge in [-0.3, -0.25) is 0 Å². The van der Waals surface area contributed by atoms with Crippen LogP contribution in [-0.4, -0.2) is 6.54 Å². The first kappa shape index (κ1) is 11.7. The molecule has 1 N–H and O–H groups in total. The van der Waals surface area contributed by atoms with E-state index in [0.717, 1.165) is 24.3 Å². The molecule has 3 rings (SSSR count). The normalized spacial score (nSPS) is 31.0. The van der Waals surface area contributed by atoms with Crippen molar-refractivity contribution in [3.8, 4) is 0 Å². The molecule has 0 spiro atoms. The number of nitrogens with one attached hydrogen (secondary N) is 1. The highest BCUT2D eigenvalue weighted by Gasteiger charge is 2.38. The summed E-state index contributed by atoms with van der Waals surface area (Å²) in [6.07, 6.45) is 6.00. The Bertz CT molecular complexity index is 390. The van der Waals surface area contributed by atoms with Gasteiger partial charge >= 0.3 is 0 Å². The van der Waals surface area contributed by atoms with Gasteiger partial charge in [-0.1, -0.05) is 34.5 Å². The summed E-state index contributed by atoms with van der Waals surface area (Å²) in [4.78, 5) is 0. The van der Waals surface area contributed by atoms with E-state index in [0.29, 0.717) is 0 Å². The van der Waals surface area contributed by atoms with Crippen LogP contribution in [0.3, 0.4) is 0 Å². The van der Waals surface area contributed by atoms with Crippen LogP contribution in [-0.2, 0) is 6.54 Å². The van der Waals surface area contributed by atoms with Gasteiger partial charge in [-0.15, -0.1) is 0 Å². The summed E-state index contributed by atoms with van der Waals surface area (Å²) in [6.45, 7) is 2.22. The summed E-state index contributed by atoms with van der Waals surface area (Å²) < 4.78 is 1.18. The quantitative estimate of drug-likeness (QED) is 0.886. The summed E-state index contributed by atoms with van der Waals surface area (Å²) in [5.74, 6) is 3.06. The Labute approximate surface area is 112 Å². The Morgan fingerprint density at radius 2 is 2.18 bits per heavy atom. The molecule has 92 valence electrons. The highest BCUT2D eigenvalue weighted by atomic mass is 79.9. The standard InChI is InChI=1S/C15H20BrN/c16-15-3-1-2-12(8-15)9-17-10-14-7-11-4-5-13(14)6-11/h1-3,8,11,13-14,17H,4-7,9-10H2. The maximum absolute atomic E-state index is 3.63. The lowest BCUT2D eigenvalue weighted by Crippen LogP contribution is -2.26. The van der Waals surface area contributed by atoms with Crippen LogP contribution in [0.1, 0.15) is 31.2 Å². The van der Waals surface area contributed by atoms with Crippen molar-refractivity contribution in [1.82, 2.24) is 5.32 Å². The monoisotopic (exact) mass is 293 g/mol. The third kappa shape index (κ3) is 2.74. The van der Waals surface area contributed by atoms with Crippen LogP contribution in [0, 0.1) is 17.8 Å². The van der Waals surface area contributed by atoms with Gasteiger partial charge in [0.05, 0.1) is 0 Å². The molecule has 3 atom stereocenters. The van der Waals surface area contributed by atoms with Crippen molar-refractivity contribution in [2.75, 3.05) is 6.54 Å². The van der Waals surface area contributed by atoms with Crippen molar-refractivity contribution in [1.29, 1.82) is 0 Å². The molecule has 0 aliphatic heterocycles. The molecule has 0 amide bonds. The van der Waals surface area contributed by atoms with Crippen molar-refractivity contribution in [3.05, 3.63) is 34.3 Å². The van der Waals surface area contributed by atoms with Crippen molar-refractivity contribution < 1.29 is 0 Å². The van der Waals surface area contributed by atoms with Gasteiger partial charge < -0.3 is 5.32 Å². The first-order chi connectivity index (χ1) is 8.31. The minimum atomic E-state index is 0.959. The molecular weight excluding hydrogens is 274 g/mol. The summed E-state index contributed by atoms with van der Waals surface area (Å²) in [5.41, 5.74) is 1.38. The Hall–Kier alpha value is -0.340. The lowest BCUT2D eigenvalue weighted by atomic mass is 9.89. The Kier molecular flexibility index (Phi) is 3.53. The maximum Gasteiger partial charge on any atom is 0.0206 e. The van der Waals surface area contributed by atoms with E-state index in [-0.39, 0.29) is 0 Å². The lowest BCUT2D eigenvalue weighted by molar-refractivity contribution is 0.318. The van der Waals surface area contributed by atoms with Gasteiger partial charge in [-0.25, -0.2) is 0 Å². The highest BCUT2D eigenvalue weighted by molar-refractivity contribution is 9.10. The second-order valence-electron chi connectivity index (χ2n) is 5.70. The van der Waals surface area contributed by atoms with Gasteiger partial charge in [0.1, 0.15) is 0 Å². The van der Waals surface area contributed by atoms with Gasteiger partial charge in [0, 0.05) is 11.0 Å². The average molecular weight is 294 g/mol. The molecule has 1 aromatic rings. The molecule has 0 saturated heterocycles. The highest BCUT2D eigenvalue weighted by Crippen LogP contribution is 2.47. The largest absolute Gasteiger partial charge is 0.312 e. The minimum absolute atomic E-state index is 0.959. The number of fused-ring (bicyclic) bond motifs is 2. The Morgan fingerprint density at radius 3 is 2.88 bits per heavy atom. The predicted molar refractivity (Wildman–Crippen MR) is 74.8 cm³/mol. The van der Waals surface area contributed by atoms with E-state index in [1.807, 2.05) is 0 Å². The van der Waals surface area contributed by atoms with Crippen molar-refractivity contribution >= 4 is 15.9 Å². The number of benzene rings is 1. The second-order valence-corrected chi connectivity index (χ2v) is 6.61. The molecule has 2 aliphatic carbocycles. The van der Waals surface area contributed by atoms with Gasteiger partial charge in [-0.05, 0) is 61.3 Å². The van der Waals surface area contributed by atoms with Gasteiger partial charge in [0.2, 0.25) is 0 Å². The van der Waals surface area contributed by atoms with Crippen LogP contribution < -0.4 is 5.32 Å². The molecule has 2 bridgehead atoms. The van der Waals surface area contributed by atoms with Crippen molar-refractivity contribution in [2.24, 2.45) is 17.8 Å². The Balaban J connectivity index is 1.46. The fraction of sp³-hybridized carbons (Fsp3) is 0.600. The smallest absolute Gasteiger partial charge is 0.0206 e. The molecule has 0 radical (unpaired) electrons. The van der Waals surface area contributed by atoms with Crippen LogP contribution in [0.4, 0.5) is 0 Å². The molecule has 1 aromatic carbocycles. The molecule has 2 fully saturated rings. The lowest BCUT2D eigenvalue weighted by Gasteiger charge is -2.21. The van der Waals surface area contributed by atoms with E-state index < -0.39 is 0 Å². The van der Waals surface area contributed by atoms with E-state index in [2.05, 4.69) is 45.5 Å². The van der Waals surface area contributed by atoms with Crippen LogP contribution in [0.15, 0.2) is 28.7 Å². The minimum Gasteiger partial charge on any atom is -0.312 e. The molecule has 2 heteroatoms. The van der Waals surface area contributed by atoms with Gasteiger partial charge in [0.25, 0.3) is 0 Å². The zero-order chi connectivity index (χ0) is 11.7. The number of halogens is 1. The summed E-state index contributed by atoms with van der Waals surface area (Å²) in [6, 6.07) is 8.59. The van der Waals surface area contributed by atoms with E-state index in [9.17, 15) is 0 Å². The van der Waals surface area contributed by atoms with Crippen molar-refractivity contribution in [3.63, 3.8) is 0 Å². The van der Waals surface area contributed by atoms with E-state index in [1.54, 1.807) is 0 Å². The summed E-state index contributed by atoms with van der Waals surface area (Å²) in [7, 11) is 0. The molecule has 2 saturated carbocycles. The van der Waals surface area contributed by atoms with E-state index in [4.69, 9.17) is 0 Å². The third-order valence-corrected chi connectivity index (χ3v) is 5.00. The zero-order valence-electron chi connectivity index (χ0n) is 10.2. The molecule has 3 unspecified atom stereocenters. The first-order valence-electron chi connectivity index (χ1n) is 6.76. The Morgan fingerprint density at radius 1 is 1.24 bits per heavy atom.